The molecule has 0 aliphatic carbocycles. The molecule has 6 nitrogen and oxygen atoms in total. The highest BCUT2D eigenvalue weighted by Gasteiger charge is 2.23. The van der Waals surface area contributed by atoms with E-state index in [0.717, 1.165) is 27.7 Å². The van der Waals surface area contributed by atoms with Crippen molar-refractivity contribution in [3.05, 3.63) is 45.4 Å². The van der Waals surface area contributed by atoms with Crippen molar-refractivity contribution in [2.45, 2.75) is 19.2 Å². The number of anilines is 1. The summed E-state index contributed by atoms with van der Waals surface area (Å²) in [5, 5.41) is 8.72. The first kappa shape index (κ1) is 17.8. The van der Waals surface area contributed by atoms with Crippen molar-refractivity contribution in [2.75, 3.05) is 24.2 Å². The number of nitrogens with zero attached hydrogens (tertiary/aromatic N) is 2. The molecule has 3 amide bonds. The van der Waals surface area contributed by atoms with Gasteiger partial charge < -0.3 is 10.6 Å². The van der Waals surface area contributed by atoms with Gasteiger partial charge in [-0.1, -0.05) is 6.07 Å². The van der Waals surface area contributed by atoms with Gasteiger partial charge in [0.2, 0.25) is 0 Å². The number of thiazole rings is 1. The van der Waals surface area contributed by atoms with Gasteiger partial charge in [0.1, 0.15) is 5.01 Å². The van der Waals surface area contributed by atoms with Crippen LogP contribution < -0.4 is 15.5 Å². The van der Waals surface area contributed by atoms with Crippen LogP contribution in [-0.2, 0) is 12.3 Å². The van der Waals surface area contributed by atoms with Crippen LogP contribution in [0, 0.1) is 6.92 Å². The second-order valence-corrected chi connectivity index (χ2v) is 7.54. The molecule has 0 bridgehead atoms. The van der Waals surface area contributed by atoms with Crippen LogP contribution >= 0.6 is 23.1 Å². The molecule has 0 atom stereocenters. The monoisotopic (exact) mass is 376 g/mol. The lowest BCUT2D eigenvalue weighted by Gasteiger charge is -2.18. The number of aromatic nitrogens is 1. The lowest BCUT2D eigenvalue weighted by molar-refractivity contribution is 0.0950. The minimum Gasteiger partial charge on any atom is -0.346 e. The first-order valence-electron chi connectivity index (χ1n) is 7.95. The van der Waals surface area contributed by atoms with Gasteiger partial charge in [-0.15, -0.1) is 11.3 Å². The smallest absolute Gasteiger partial charge is 0.322 e. The fourth-order valence-corrected chi connectivity index (χ4v) is 4.15. The van der Waals surface area contributed by atoms with Crippen LogP contribution in [-0.4, -0.2) is 36.3 Å². The fourth-order valence-electron chi connectivity index (χ4n) is 2.64. The van der Waals surface area contributed by atoms with Crippen molar-refractivity contribution < 1.29 is 9.59 Å². The zero-order chi connectivity index (χ0) is 17.8. The molecule has 1 fully saturated rings. The van der Waals surface area contributed by atoms with E-state index in [0.29, 0.717) is 25.2 Å². The maximum absolute atomic E-state index is 12.5. The summed E-state index contributed by atoms with van der Waals surface area (Å²) in [6.07, 6.45) is 2.04. The number of hydrogen-bond donors (Lipinski definition) is 2. The highest BCUT2D eigenvalue weighted by Crippen LogP contribution is 2.23. The van der Waals surface area contributed by atoms with Gasteiger partial charge in [-0.05, 0) is 30.9 Å². The molecule has 1 aromatic heterocycles. The summed E-state index contributed by atoms with van der Waals surface area (Å²) in [4.78, 5) is 30.5. The summed E-state index contributed by atoms with van der Waals surface area (Å²) < 4.78 is 0. The third kappa shape index (κ3) is 4.13. The van der Waals surface area contributed by atoms with Crippen LogP contribution in [0.2, 0.25) is 0 Å². The second-order valence-electron chi connectivity index (χ2n) is 5.73. The first-order chi connectivity index (χ1) is 12.1. The normalized spacial score (nSPS) is 13.8. The Hall–Kier alpha value is -2.06. The van der Waals surface area contributed by atoms with Crippen LogP contribution in [0.15, 0.2) is 23.6 Å². The van der Waals surface area contributed by atoms with E-state index in [1.807, 2.05) is 24.6 Å². The van der Waals surface area contributed by atoms with Crippen molar-refractivity contribution in [2.24, 2.45) is 0 Å². The lowest BCUT2D eigenvalue weighted by atomic mass is 10.1. The molecule has 0 unspecified atom stereocenters. The molecule has 3 rings (SSSR count). The van der Waals surface area contributed by atoms with Crippen LogP contribution in [0.5, 0.6) is 0 Å². The predicted octanol–water partition coefficient (Wildman–Crippen LogP) is 2.77. The Bertz CT molecular complexity index is 791. The molecule has 1 aromatic carbocycles. The number of carbonyl (C=O) groups is 2. The van der Waals surface area contributed by atoms with Crippen LogP contribution in [0.4, 0.5) is 10.5 Å². The van der Waals surface area contributed by atoms with Crippen LogP contribution in [0.1, 0.15) is 26.6 Å². The average molecular weight is 377 g/mol. The minimum absolute atomic E-state index is 0.121. The third-order valence-corrected chi connectivity index (χ3v) is 5.56. The molecule has 2 N–H and O–H groups in total. The molecule has 0 saturated carbocycles. The van der Waals surface area contributed by atoms with E-state index in [1.54, 1.807) is 40.1 Å². The van der Waals surface area contributed by atoms with Crippen LogP contribution in [0.3, 0.4) is 0 Å². The Balaban J connectivity index is 1.68. The van der Waals surface area contributed by atoms with Gasteiger partial charge in [0.15, 0.2) is 0 Å². The molecule has 2 aromatic rings. The van der Waals surface area contributed by atoms with Gasteiger partial charge in [-0.2, -0.15) is 11.8 Å². The average Bonchev–Trinajstić information content (AvgIpc) is 3.22. The van der Waals surface area contributed by atoms with Crippen molar-refractivity contribution >= 4 is 40.7 Å². The highest BCUT2D eigenvalue weighted by molar-refractivity contribution is 7.97. The predicted molar refractivity (Wildman–Crippen MR) is 102 cm³/mol. The molecule has 0 spiro atoms. The van der Waals surface area contributed by atoms with Crippen molar-refractivity contribution in [1.82, 2.24) is 15.6 Å². The van der Waals surface area contributed by atoms with Gasteiger partial charge in [0.05, 0.1) is 12.2 Å². The van der Waals surface area contributed by atoms with E-state index in [1.165, 1.54) is 0 Å². The van der Waals surface area contributed by atoms with E-state index in [4.69, 9.17) is 0 Å². The Morgan fingerprint density at radius 3 is 3.04 bits per heavy atom. The number of rotatable bonds is 6. The molecule has 1 saturated heterocycles. The van der Waals surface area contributed by atoms with Gasteiger partial charge in [0, 0.05) is 35.5 Å². The Labute approximate surface area is 155 Å². The van der Waals surface area contributed by atoms with E-state index in [-0.39, 0.29) is 11.9 Å². The topological polar surface area (TPSA) is 74.3 Å². The SMILES string of the molecule is CSCc1nc(CNC(=O)c2ccc(C)c(N3CCNC3=O)c2)cs1. The molecule has 1 aliphatic rings. The molecule has 1 aliphatic heterocycles. The van der Waals surface area contributed by atoms with Gasteiger partial charge >= 0.3 is 6.03 Å². The summed E-state index contributed by atoms with van der Waals surface area (Å²) in [5.74, 6) is 0.720. The molecule has 2 heterocycles. The lowest BCUT2D eigenvalue weighted by Crippen LogP contribution is -2.29. The number of urea groups is 1. The van der Waals surface area contributed by atoms with E-state index in [2.05, 4.69) is 15.6 Å². The summed E-state index contributed by atoms with van der Waals surface area (Å²) >= 11 is 3.34. The standard InChI is InChI=1S/C17H20N4O2S2/c1-11-3-4-12(7-14(11)21-6-5-18-17(21)23)16(22)19-8-13-9-25-15(20-13)10-24-2/h3-4,7,9H,5-6,8,10H2,1-2H3,(H,18,23)(H,19,22). The molecule has 0 radical (unpaired) electrons. The van der Waals surface area contributed by atoms with E-state index >= 15 is 0 Å². The Morgan fingerprint density at radius 1 is 1.48 bits per heavy atom. The summed E-state index contributed by atoms with van der Waals surface area (Å²) in [6.45, 7) is 3.57. The molecular formula is C17H20N4O2S2. The number of thioether (sulfide) groups is 1. The molecular weight excluding hydrogens is 356 g/mol. The fraction of sp³-hybridized carbons (Fsp3) is 0.353. The third-order valence-electron chi connectivity index (χ3n) is 3.92. The summed E-state index contributed by atoms with van der Waals surface area (Å²) in [5.41, 5.74) is 3.15. The first-order valence-corrected chi connectivity index (χ1v) is 10.2. The van der Waals surface area contributed by atoms with Crippen molar-refractivity contribution in [1.29, 1.82) is 0 Å². The Morgan fingerprint density at radius 2 is 2.32 bits per heavy atom. The number of benzene rings is 1. The quantitative estimate of drug-likeness (QED) is 0.813. The zero-order valence-corrected chi connectivity index (χ0v) is 15.8. The largest absolute Gasteiger partial charge is 0.346 e. The second kappa shape index (κ2) is 7.88. The van der Waals surface area contributed by atoms with E-state index in [9.17, 15) is 9.59 Å². The van der Waals surface area contributed by atoms with E-state index < -0.39 is 0 Å². The Kier molecular flexibility index (Phi) is 5.60. The van der Waals surface area contributed by atoms with Crippen molar-refractivity contribution in [3.63, 3.8) is 0 Å². The molecule has 132 valence electrons. The number of aryl methyl sites for hydroxylation is 1. The van der Waals surface area contributed by atoms with Crippen LogP contribution in [0.25, 0.3) is 0 Å². The highest BCUT2D eigenvalue weighted by atomic mass is 32.2. The van der Waals surface area contributed by atoms with Crippen molar-refractivity contribution in [3.8, 4) is 0 Å². The van der Waals surface area contributed by atoms with Gasteiger partial charge in [-0.3, -0.25) is 9.69 Å². The van der Waals surface area contributed by atoms with Gasteiger partial charge in [0.25, 0.3) is 5.91 Å². The maximum atomic E-state index is 12.5. The number of nitrogens with one attached hydrogen (secondary N) is 2. The van der Waals surface area contributed by atoms with Gasteiger partial charge in [-0.25, -0.2) is 9.78 Å². The zero-order valence-electron chi connectivity index (χ0n) is 14.2. The molecule has 25 heavy (non-hydrogen) atoms. The minimum atomic E-state index is -0.166. The molecule has 8 heteroatoms. The summed E-state index contributed by atoms with van der Waals surface area (Å²) in [6, 6.07) is 5.30. The summed E-state index contributed by atoms with van der Waals surface area (Å²) in [7, 11) is 0. The number of amides is 3. The number of carbonyl (C=O) groups excluding carboxylic acids is 2. The maximum Gasteiger partial charge on any atom is 0.322 e. The number of hydrogen-bond acceptors (Lipinski definition) is 5.